The van der Waals surface area contributed by atoms with Crippen LogP contribution in [0.15, 0.2) is 12.4 Å². The summed E-state index contributed by atoms with van der Waals surface area (Å²) in [5.74, 6) is 2.89. The summed E-state index contributed by atoms with van der Waals surface area (Å²) >= 11 is 0. The third-order valence-electron chi connectivity index (χ3n) is 6.18. The number of aromatic nitrogens is 2. The minimum atomic E-state index is -2.76. The van der Waals surface area contributed by atoms with Gasteiger partial charge in [0, 0.05) is 37.8 Å². The Morgan fingerprint density at radius 3 is 2.37 bits per heavy atom. The summed E-state index contributed by atoms with van der Waals surface area (Å²) in [6.45, 7) is 3.21. The highest BCUT2D eigenvalue weighted by molar-refractivity contribution is 7.91. The van der Waals surface area contributed by atoms with E-state index >= 15 is 0 Å². The van der Waals surface area contributed by atoms with Crippen LogP contribution in [0.1, 0.15) is 38.5 Å². The number of hydrogen-bond acceptors (Lipinski definition) is 7. The van der Waals surface area contributed by atoms with Crippen molar-refractivity contribution < 1.29 is 13.2 Å². The molecule has 0 amide bonds. The molecule has 2 saturated heterocycles. The molecule has 1 aromatic rings. The van der Waals surface area contributed by atoms with Gasteiger partial charge < -0.3 is 14.5 Å². The van der Waals surface area contributed by atoms with Crippen molar-refractivity contribution in [3.8, 4) is 5.88 Å². The van der Waals surface area contributed by atoms with E-state index in [2.05, 4.69) is 19.8 Å². The van der Waals surface area contributed by atoms with Gasteiger partial charge in [0.15, 0.2) is 0 Å². The molecule has 2 aliphatic heterocycles. The number of likely N-dealkylation sites (tertiary alicyclic amines) is 1. The number of ether oxygens (including phenoxy) is 1. The number of piperidine rings is 1. The molecule has 0 N–H and O–H groups in total. The predicted octanol–water partition coefficient (Wildman–Crippen LogP) is 1.74. The highest BCUT2D eigenvalue weighted by Crippen LogP contribution is 2.36. The molecule has 7 nitrogen and oxygen atoms in total. The lowest BCUT2D eigenvalue weighted by molar-refractivity contribution is 0.174. The van der Waals surface area contributed by atoms with Crippen LogP contribution in [-0.2, 0) is 9.84 Å². The maximum absolute atomic E-state index is 11.6. The van der Waals surface area contributed by atoms with Crippen molar-refractivity contribution in [2.75, 3.05) is 43.1 Å². The van der Waals surface area contributed by atoms with Gasteiger partial charge in [0.2, 0.25) is 5.88 Å². The van der Waals surface area contributed by atoms with E-state index in [1.807, 2.05) is 6.07 Å². The third kappa shape index (κ3) is 4.71. The van der Waals surface area contributed by atoms with Crippen molar-refractivity contribution in [2.24, 2.45) is 5.92 Å². The second-order valence-electron chi connectivity index (χ2n) is 8.18. The molecule has 3 fully saturated rings. The van der Waals surface area contributed by atoms with Crippen molar-refractivity contribution in [2.45, 2.75) is 50.6 Å². The van der Waals surface area contributed by atoms with Gasteiger partial charge in [-0.05, 0) is 44.4 Å². The van der Waals surface area contributed by atoms with Crippen LogP contribution in [0.5, 0.6) is 5.88 Å². The maximum atomic E-state index is 11.6. The molecule has 27 heavy (non-hydrogen) atoms. The number of rotatable bonds is 6. The van der Waals surface area contributed by atoms with Gasteiger partial charge in [-0.2, -0.15) is 0 Å². The van der Waals surface area contributed by atoms with Crippen LogP contribution in [-0.4, -0.2) is 73.6 Å². The molecular weight excluding hydrogens is 364 g/mol. The van der Waals surface area contributed by atoms with Gasteiger partial charge in [-0.15, -0.1) is 0 Å². The molecule has 0 atom stereocenters. The highest BCUT2D eigenvalue weighted by Gasteiger charge is 2.37. The normalized spacial score (nSPS) is 24.6. The van der Waals surface area contributed by atoms with E-state index in [9.17, 15) is 8.42 Å². The summed E-state index contributed by atoms with van der Waals surface area (Å²) in [5.41, 5.74) is 0. The van der Waals surface area contributed by atoms with E-state index in [4.69, 9.17) is 4.74 Å². The zero-order valence-electron chi connectivity index (χ0n) is 16.1. The van der Waals surface area contributed by atoms with Crippen molar-refractivity contribution in [3.63, 3.8) is 0 Å². The Morgan fingerprint density at radius 1 is 1.07 bits per heavy atom. The number of anilines is 1. The van der Waals surface area contributed by atoms with Crippen LogP contribution < -0.4 is 9.64 Å². The van der Waals surface area contributed by atoms with Crippen LogP contribution in [0, 0.1) is 5.92 Å². The van der Waals surface area contributed by atoms with Gasteiger partial charge in [0.05, 0.1) is 18.6 Å². The summed E-state index contributed by atoms with van der Waals surface area (Å²) in [6.07, 6.45) is 8.00. The number of methoxy groups -OCH3 is 1. The van der Waals surface area contributed by atoms with Crippen molar-refractivity contribution in [3.05, 3.63) is 12.4 Å². The van der Waals surface area contributed by atoms with Gasteiger partial charge in [-0.3, -0.25) is 0 Å². The molecule has 3 heterocycles. The van der Waals surface area contributed by atoms with E-state index in [1.54, 1.807) is 13.4 Å². The molecule has 150 valence electrons. The SMILES string of the molecule is COc1cc(N(C2CC2)C2CCN(CC3CCS(=O)(=O)CC3)CC2)ncn1. The zero-order chi connectivity index (χ0) is 18.9. The van der Waals surface area contributed by atoms with Gasteiger partial charge >= 0.3 is 0 Å². The van der Waals surface area contributed by atoms with E-state index < -0.39 is 9.84 Å². The summed E-state index contributed by atoms with van der Waals surface area (Å²) in [4.78, 5) is 13.7. The fraction of sp³-hybridized carbons (Fsp3) is 0.789. The lowest BCUT2D eigenvalue weighted by Crippen LogP contribution is -2.47. The third-order valence-corrected chi connectivity index (χ3v) is 7.90. The van der Waals surface area contributed by atoms with Gasteiger partial charge in [0.1, 0.15) is 22.0 Å². The van der Waals surface area contributed by atoms with Crippen LogP contribution in [0.3, 0.4) is 0 Å². The number of nitrogens with zero attached hydrogens (tertiary/aromatic N) is 4. The molecule has 8 heteroatoms. The molecule has 0 spiro atoms. The Hall–Kier alpha value is -1.41. The molecule has 1 aliphatic carbocycles. The van der Waals surface area contributed by atoms with Gasteiger partial charge in [-0.1, -0.05) is 0 Å². The summed E-state index contributed by atoms with van der Waals surface area (Å²) in [5, 5.41) is 0. The molecule has 0 aromatic carbocycles. The largest absolute Gasteiger partial charge is 0.481 e. The molecular formula is C19H30N4O3S. The van der Waals surface area contributed by atoms with Crippen LogP contribution in [0.4, 0.5) is 5.82 Å². The standard InChI is InChI=1S/C19H30N4O3S/c1-26-19-12-18(20-14-21-19)23(16-2-3-16)17-4-8-22(9-5-17)13-15-6-10-27(24,25)11-7-15/h12,14-17H,2-11,13H2,1H3. The first kappa shape index (κ1) is 18.9. The Bertz CT molecular complexity index is 731. The summed E-state index contributed by atoms with van der Waals surface area (Å²) < 4.78 is 28.5. The second-order valence-corrected chi connectivity index (χ2v) is 10.5. The molecule has 0 bridgehead atoms. The first-order valence-corrected chi connectivity index (χ1v) is 11.9. The van der Waals surface area contributed by atoms with E-state index in [-0.39, 0.29) is 0 Å². The van der Waals surface area contributed by atoms with Crippen molar-refractivity contribution in [1.82, 2.24) is 14.9 Å². The topological polar surface area (TPSA) is 75.6 Å². The fourth-order valence-corrected chi connectivity index (χ4v) is 6.06. The second kappa shape index (κ2) is 7.91. The Morgan fingerprint density at radius 2 is 1.74 bits per heavy atom. The highest BCUT2D eigenvalue weighted by atomic mass is 32.2. The number of hydrogen-bond donors (Lipinski definition) is 0. The Labute approximate surface area is 162 Å². The Balaban J connectivity index is 1.33. The van der Waals surface area contributed by atoms with Crippen LogP contribution >= 0.6 is 0 Å². The van der Waals surface area contributed by atoms with Crippen LogP contribution in [0.2, 0.25) is 0 Å². The lowest BCUT2D eigenvalue weighted by Gasteiger charge is -2.40. The summed E-state index contributed by atoms with van der Waals surface area (Å²) in [6, 6.07) is 3.07. The average molecular weight is 395 g/mol. The molecule has 0 unspecified atom stereocenters. The number of sulfone groups is 1. The zero-order valence-corrected chi connectivity index (χ0v) is 16.9. The molecule has 1 saturated carbocycles. The first-order chi connectivity index (χ1) is 13.0. The maximum Gasteiger partial charge on any atom is 0.218 e. The van der Waals surface area contributed by atoms with Crippen LogP contribution in [0.25, 0.3) is 0 Å². The molecule has 1 aromatic heterocycles. The minimum Gasteiger partial charge on any atom is -0.481 e. The quantitative estimate of drug-likeness (QED) is 0.727. The first-order valence-electron chi connectivity index (χ1n) is 10.1. The Kier molecular flexibility index (Phi) is 5.55. The van der Waals surface area contributed by atoms with E-state index in [1.165, 1.54) is 12.8 Å². The average Bonchev–Trinajstić information content (AvgIpc) is 3.50. The molecule has 3 aliphatic rings. The fourth-order valence-electron chi connectivity index (χ4n) is 4.47. The lowest BCUT2D eigenvalue weighted by atomic mass is 9.98. The summed E-state index contributed by atoms with van der Waals surface area (Å²) in [7, 11) is -1.12. The van der Waals surface area contributed by atoms with E-state index in [0.29, 0.717) is 35.4 Å². The predicted molar refractivity (Wildman–Crippen MR) is 105 cm³/mol. The molecule has 4 rings (SSSR count). The minimum absolute atomic E-state index is 0.374. The molecule has 0 radical (unpaired) electrons. The van der Waals surface area contributed by atoms with E-state index in [0.717, 1.165) is 51.1 Å². The van der Waals surface area contributed by atoms with Crippen molar-refractivity contribution in [1.29, 1.82) is 0 Å². The smallest absolute Gasteiger partial charge is 0.218 e. The van der Waals surface area contributed by atoms with Gasteiger partial charge in [-0.25, -0.2) is 18.4 Å². The van der Waals surface area contributed by atoms with Crippen molar-refractivity contribution >= 4 is 15.7 Å². The van der Waals surface area contributed by atoms with Gasteiger partial charge in [0.25, 0.3) is 0 Å². The monoisotopic (exact) mass is 394 g/mol.